The summed E-state index contributed by atoms with van der Waals surface area (Å²) in [6, 6.07) is 36.8. The fourth-order valence-corrected chi connectivity index (χ4v) is 19.4. The third kappa shape index (κ3) is 31.2. The van der Waals surface area contributed by atoms with Gasteiger partial charge < -0.3 is 79.8 Å². The average Bonchev–Trinajstić information content (AvgIpc) is 0.958. The summed E-state index contributed by atoms with van der Waals surface area (Å²) >= 11 is 11.4. The number of carbonyl (C=O) groups excluding carboxylic acids is 3. The van der Waals surface area contributed by atoms with E-state index in [2.05, 4.69) is 140 Å². The molecule has 0 saturated carbocycles. The van der Waals surface area contributed by atoms with E-state index in [1.165, 1.54) is 11.1 Å². The van der Waals surface area contributed by atoms with Crippen molar-refractivity contribution in [3.05, 3.63) is 178 Å². The molecule has 8 fully saturated rings. The number of nitriles is 2. The van der Waals surface area contributed by atoms with Crippen molar-refractivity contribution in [1.82, 2.24) is 75.7 Å². The van der Waals surface area contributed by atoms with Gasteiger partial charge >= 0.3 is 18.3 Å². The van der Waals surface area contributed by atoms with Crippen molar-refractivity contribution in [1.29, 1.82) is 10.5 Å². The summed E-state index contributed by atoms with van der Waals surface area (Å²) in [5.41, 5.74) is 13.5. The van der Waals surface area contributed by atoms with E-state index >= 15 is 0 Å². The summed E-state index contributed by atoms with van der Waals surface area (Å²) in [5.74, 6) is 2.03. The predicted octanol–water partition coefficient (Wildman–Crippen LogP) is 10.0. The number of pyridine rings is 6. The highest BCUT2D eigenvalue weighted by Crippen LogP contribution is 2.36. The normalized spacial score (nSPS) is 23.4. The third-order valence-corrected chi connectivity index (χ3v) is 26.6. The number of likely N-dealkylation sites (tertiary alicyclic amines) is 3. The fraction of sp³-hybridized carbons (Fsp3) is 0.570. The molecule has 8 saturated heterocycles. The number of nitrogens with one attached hydrogen (secondary N) is 4. The maximum absolute atomic E-state index is 12.3. The van der Waals surface area contributed by atoms with Crippen molar-refractivity contribution in [3.8, 4) is 12.1 Å². The fourth-order valence-electron chi connectivity index (χ4n) is 18.8. The van der Waals surface area contributed by atoms with Crippen LogP contribution in [0.25, 0.3) is 21.8 Å². The molecule has 6 aromatic heterocycles. The van der Waals surface area contributed by atoms with Gasteiger partial charge in [-0.2, -0.15) is 18.9 Å². The van der Waals surface area contributed by atoms with Gasteiger partial charge in [0.25, 0.3) is 10.1 Å². The predicted molar refractivity (Wildman–Crippen MR) is 537 cm³/mol. The van der Waals surface area contributed by atoms with Crippen LogP contribution >= 0.6 is 23.2 Å². The summed E-state index contributed by atoms with van der Waals surface area (Å²) in [6.07, 6.45) is 10.8. The van der Waals surface area contributed by atoms with Crippen LogP contribution in [0.3, 0.4) is 0 Å². The van der Waals surface area contributed by atoms with Gasteiger partial charge in [-0.25, -0.2) is 34.3 Å². The summed E-state index contributed by atoms with van der Waals surface area (Å²) in [4.78, 5) is 84.1. The minimum atomic E-state index is -3.35. The lowest BCUT2D eigenvalue weighted by Gasteiger charge is -2.51. The summed E-state index contributed by atoms with van der Waals surface area (Å²) in [7, 11) is 3.39. The Labute approximate surface area is 826 Å². The van der Waals surface area contributed by atoms with Gasteiger partial charge in [-0.1, -0.05) is 47.5 Å². The van der Waals surface area contributed by atoms with E-state index in [1.807, 2.05) is 117 Å². The van der Waals surface area contributed by atoms with Crippen LogP contribution in [0.1, 0.15) is 112 Å². The van der Waals surface area contributed by atoms with Crippen LogP contribution in [-0.2, 0) is 73.1 Å². The topological polar surface area (TPSA) is 387 Å². The molecule has 2 aromatic carbocycles. The van der Waals surface area contributed by atoms with Crippen LogP contribution in [0, 0.1) is 22.7 Å². The van der Waals surface area contributed by atoms with E-state index < -0.39 is 45.2 Å². The number of halogens is 2. The van der Waals surface area contributed by atoms with Gasteiger partial charge in [-0.3, -0.25) is 38.7 Å². The first kappa shape index (κ1) is 104. The molecule has 0 aliphatic carbocycles. The lowest BCUT2D eigenvalue weighted by Crippen LogP contribution is -2.65. The third-order valence-electron chi connectivity index (χ3n) is 25.6. The number of piperazine rings is 4. The summed E-state index contributed by atoms with van der Waals surface area (Å²) in [6.45, 7) is 39.5. The Morgan fingerprint density at radius 1 is 0.471 bits per heavy atom. The van der Waals surface area contributed by atoms with Gasteiger partial charge in [0.1, 0.15) is 50.9 Å². The molecule has 8 aliphatic rings. The molecular formula is C100H140Cl2N22O13S. The van der Waals surface area contributed by atoms with Crippen molar-refractivity contribution in [2.75, 3.05) is 198 Å². The zero-order valence-corrected chi connectivity index (χ0v) is 84.8. The smallest absolute Gasteiger partial charge is 0.408 e. The summed E-state index contributed by atoms with van der Waals surface area (Å²) in [5, 5.41) is 33.8. The second kappa shape index (κ2) is 49.3. The number of ether oxygens (including phenoxy) is 7. The van der Waals surface area contributed by atoms with Crippen molar-refractivity contribution < 1.29 is 62.9 Å². The van der Waals surface area contributed by atoms with Gasteiger partial charge in [0.2, 0.25) is 0 Å². The number of rotatable bonds is 24. The van der Waals surface area contributed by atoms with E-state index in [0.29, 0.717) is 69.6 Å². The number of alkyl carbamates (subject to hydrolysis) is 3. The molecule has 6 N–H and O–H groups in total. The molecule has 0 bridgehead atoms. The number of anilines is 4. The molecule has 35 nitrogen and oxygen atoms in total. The number of benzene rings is 2. The quantitative estimate of drug-likeness (QED) is 0.0213. The maximum atomic E-state index is 12.3. The molecule has 748 valence electrons. The van der Waals surface area contributed by atoms with Gasteiger partial charge in [0, 0.05) is 255 Å². The largest absolute Gasteiger partial charge is 0.444 e. The number of amides is 3. The van der Waals surface area contributed by atoms with Crippen LogP contribution in [0.5, 0.6) is 0 Å². The Balaban J connectivity index is 0.000000169. The minimum absolute atomic E-state index is 0.00940. The monoisotopic (exact) mass is 1960 g/mol. The zero-order valence-electron chi connectivity index (χ0n) is 84.5. The van der Waals surface area contributed by atoms with Crippen molar-refractivity contribution in [3.63, 3.8) is 0 Å². The average molecular weight is 1960 g/mol. The SMILES string of the molecule is CO[C@H]1CN(CCc2ccc(Cl)nc2)C[C@@H]1NC(=O)OC(C)(C)C.CO[C@H]1CNC[C@@H]1NC(=O)OC(C)(C)C.CS(=O)(=O)OCCc1ccc(Cl)nc1.[2H]c1ccc2c(N3C[C@@H]4CN(c5ccc(CCN6C[C@H](NC(=O)OC(C)(C)C)[C@@H](OC)C6)cn5)CCN4[C@H](C)C3)ccc(C#N)c2n1.[2H]c1ccc2c(N3C[C@@H]4CN(c5ccc(CCN6C[C@H](OC)[C@@H](N)C6)cn5)CCN4[C@H](C)C3)ccc(C#N)c2n1. The van der Waals surface area contributed by atoms with Crippen LogP contribution in [0.4, 0.5) is 37.4 Å². The molecule has 16 rings (SSSR count). The number of hydrogen-bond donors (Lipinski definition) is 5. The van der Waals surface area contributed by atoms with Gasteiger partial charge in [0.05, 0.1) is 80.3 Å². The molecule has 8 aliphatic heterocycles. The van der Waals surface area contributed by atoms with Gasteiger partial charge in [0.15, 0.2) is 0 Å². The first-order valence-electron chi connectivity index (χ1n) is 48.4. The van der Waals surface area contributed by atoms with Crippen LogP contribution in [0.15, 0.2) is 134 Å². The lowest BCUT2D eigenvalue weighted by atomic mass is 10.0. The number of fused-ring (bicyclic) bond motifs is 4. The molecule has 38 heteroatoms. The molecule has 0 spiro atoms. The van der Waals surface area contributed by atoms with Crippen LogP contribution in [-0.4, -0.2) is 349 Å². The van der Waals surface area contributed by atoms with E-state index in [0.717, 1.165) is 201 Å². The Morgan fingerprint density at radius 3 is 1.22 bits per heavy atom. The number of carbonyl (C=O) groups is 3. The van der Waals surface area contributed by atoms with Crippen molar-refractivity contribution in [2.24, 2.45) is 5.73 Å². The molecule has 14 heterocycles. The molecule has 12 atom stereocenters. The number of aromatic nitrogens is 6. The van der Waals surface area contributed by atoms with Gasteiger partial charge in [-0.15, -0.1) is 0 Å². The number of nitrogens with zero attached hydrogens (tertiary/aromatic N) is 17. The number of methoxy groups -OCH3 is 4. The molecular weight excluding hydrogens is 1820 g/mol. The van der Waals surface area contributed by atoms with E-state index in [-0.39, 0.29) is 67.5 Å². The Kier molecular flexibility index (Phi) is 37.1. The second-order valence-corrected chi connectivity index (χ2v) is 41.8. The van der Waals surface area contributed by atoms with E-state index in [1.54, 1.807) is 71.2 Å². The van der Waals surface area contributed by atoms with Crippen LogP contribution in [0.2, 0.25) is 10.3 Å². The Bertz CT molecular complexity index is 5620. The molecule has 138 heavy (non-hydrogen) atoms. The van der Waals surface area contributed by atoms with Gasteiger partial charge in [-0.05, 0) is 197 Å². The Morgan fingerprint density at radius 2 is 0.855 bits per heavy atom. The van der Waals surface area contributed by atoms with E-state index in [4.69, 9.17) is 74.8 Å². The zero-order chi connectivity index (χ0) is 101. The highest BCUT2D eigenvalue weighted by molar-refractivity contribution is 7.86. The standard InChI is InChI=1S/C35H46N8O3.C30H38N8O.C17H26ClN3O3.C10H20N2O3.C8H10ClNO3S/c1-24-19-42(30-10-9-26(17-36)33-28(30)7-6-13-37-33)21-27-20-41(15-16-43(24)27)32-11-8-25(18-38-32)12-14-40-22-29(31(23-40)45-5)39-34(44)46-35(2,3)4;1-21-16-37(27-7-6-23(14-31)30-25(27)4-3-10-33-30)18-24-17-36(12-13-38(21)24)29-8-5-22(15-34-29)9-11-35-19-26(32)28(20-35)39-2;1-17(2,3)24-16(22)20-13-10-21(11-14(13)23-4)8-7-12-5-6-15(18)19-9-12;1-10(2,3)15-9(13)12-7-5-11-6-8(7)14-4;1-14(11,12)13-5-4-7-2-3-8(9)10-6-7/h6-11,13,18,24,27,29,31H,12,14-16,19-23H2,1-5H3,(H,39,44);3-8,10,15,21,24,26,28H,9,11-13,16-20,32H2,1-2H3;5-6,9,13-14H,7-8,10-11H2,1-4H3,(H,20,22);7-8,11H,5-6H2,1-4H3,(H,12,13);2-3,6H,4-5H2,1H3/t24-,27+,29+,31+;21-,24+,26+,28+;13-,14-;7-,8-;/m1100./s1/i13D;10D;;;. The molecule has 0 unspecified atom stereocenters. The number of hydrogen-bond acceptors (Lipinski definition) is 32. The maximum Gasteiger partial charge on any atom is 0.408 e. The molecule has 8 aromatic rings. The lowest BCUT2D eigenvalue weighted by molar-refractivity contribution is 0.0407. The highest BCUT2D eigenvalue weighted by Gasteiger charge is 2.42. The first-order valence-corrected chi connectivity index (χ1v) is 50.0. The van der Waals surface area contributed by atoms with Crippen molar-refractivity contribution in [2.45, 2.75) is 191 Å². The molecule has 0 radical (unpaired) electrons. The molecule has 3 amide bonds. The summed E-state index contributed by atoms with van der Waals surface area (Å²) < 4.78 is 79.6. The first-order chi connectivity index (χ1) is 66.6. The Hall–Kier alpha value is -10.1. The highest BCUT2D eigenvalue weighted by atomic mass is 35.5. The minimum Gasteiger partial charge on any atom is -0.444 e. The number of nitrogens with two attached hydrogens (primary N) is 1. The van der Waals surface area contributed by atoms with Crippen LogP contribution < -0.4 is 46.6 Å². The second-order valence-electron chi connectivity index (χ2n) is 39.4. The van der Waals surface area contributed by atoms with Crippen molar-refractivity contribution >= 4 is 96.4 Å². The van der Waals surface area contributed by atoms with E-state index in [9.17, 15) is 33.3 Å².